The van der Waals surface area contributed by atoms with Crippen LogP contribution < -0.4 is 5.69 Å². The molecule has 1 aromatic heterocycles. The van der Waals surface area contributed by atoms with Crippen LogP contribution >= 0.6 is 0 Å². The van der Waals surface area contributed by atoms with Gasteiger partial charge < -0.3 is 19.4 Å². The first kappa shape index (κ1) is 22.0. The van der Waals surface area contributed by atoms with Gasteiger partial charge in [0.2, 0.25) is 0 Å². The van der Waals surface area contributed by atoms with Crippen molar-refractivity contribution in [2.24, 2.45) is 7.05 Å². The van der Waals surface area contributed by atoms with Crippen LogP contribution in [0.15, 0.2) is 29.3 Å². The summed E-state index contributed by atoms with van der Waals surface area (Å²) in [6, 6.07) is 0. The maximum absolute atomic E-state index is 10.3. The average Bonchev–Trinajstić information content (AvgIpc) is 2.90. The summed E-state index contributed by atoms with van der Waals surface area (Å²) < 4.78 is 5.91. The van der Waals surface area contributed by atoms with Crippen LogP contribution in [-0.4, -0.2) is 27.4 Å². The quantitative estimate of drug-likeness (QED) is 0.353. The minimum absolute atomic E-state index is 0.0694. The number of ether oxygens (including phenoxy) is 1. The van der Waals surface area contributed by atoms with Crippen LogP contribution in [0.3, 0.4) is 0 Å². The number of imidazole rings is 1. The Morgan fingerprint density at radius 1 is 1.21 bits per heavy atom. The summed E-state index contributed by atoms with van der Waals surface area (Å²) in [5.41, 5.74) is 1.03. The van der Waals surface area contributed by atoms with Gasteiger partial charge in [-0.15, -0.1) is 0 Å². The highest BCUT2D eigenvalue weighted by atomic mass is 16.7. The first-order chi connectivity index (χ1) is 11.5. The van der Waals surface area contributed by atoms with Crippen LogP contribution in [-0.2, 0) is 11.8 Å². The van der Waals surface area contributed by atoms with Crippen molar-refractivity contribution in [2.75, 3.05) is 6.61 Å². The molecule has 0 bridgehead atoms. The Hall–Kier alpha value is -1.98. The molecule has 24 heavy (non-hydrogen) atoms. The Bertz CT molecular complexity index is 505. The molecular formula is C18H32N2O4. The summed E-state index contributed by atoms with van der Waals surface area (Å²) in [5, 5.41) is 8.29. The summed E-state index contributed by atoms with van der Waals surface area (Å²) in [6.45, 7) is 6.39. The predicted molar refractivity (Wildman–Crippen MR) is 96.4 cm³/mol. The van der Waals surface area contributed by atoms with Gasteiger partial charge >= 0.3 is 11.8 Å². The zero-order valence-corrected chi connectivity index (χ0v) is 15.1. The molecule has 138 valence electrons. The molecule has 0 saturated carbocycles. The zero-order chi connectivity index (χ0) is 18.2. The molecular weight excluding hydrogens is 308 g/mol. The molecule has 6 nitrogen and oxygen atoms in total. The maximum atomic E-state index is 10.3. The fraction of sp³-hybridized carbons (Fsp3) is 0.667. The van der Waals surface area contributed by atoms with E-state index in [0.717, 1.165) is 18.4 Å². The maximum Gasteiger partial charge on any atom is 0.505 e. The van der Waals surface area contributed by atoms with Crippen LogP contribution in [0.2, 0.25) is 0 Å². The van der Waals surface area contributed by atoms with E-state index in [1.54, 1.807) is 19.4 Å². The van der Waals surface area contributed by atoms with Gasteiger partial charge in [-0.25, -0.2) is 9.59 Å². The third-order valence-electron chi connectivity index (χ3n) is 3.64. The monoisotopic (exact) mass is 340 g/mol. The second-order valence-electron chi connectivity index (χ2n) is 5.86. The third-order valence-corrected chi connectivity index (χ3v) is 3.64. The number of unbranched alkanes of at least 4 members (excludes halogenated alkanes) is 6. The second kappa shape index (κ2) is 14.6. The van der Waals surface area contributed by atoms with Gasteiger partial charge in [-0.05, 0) is 12.8 Å². The fourth-order valence-electron chi connectivity index (χ4n) is 2.13. The Morgan fingerprint density at radius 2 is 1.83 bits per heavy atom. The van der Waals surface area contributed by atoms with Gasteiger partial charge in [-0.1, -0.05) is 57.6 Å². The van der Waals surface area contributed by atoms with Crippen molar-refractivity contribution in [2.45, 2.75) is 64.7 Å². The lowest BCUT2D eigenvalue weighted by molar-refractivity contribution is 0.0925. The van der Waals surface area contributed by atoms with Gasteiger partial charge in [0.05, 0.1) is 6.61 Å². The van der Waals surface area contributed by atoms with E-state index in [1.807, 2.05) is 0 Å². The summed E-state index contributed by atoms with van der Waals surface area (Å²) in [6.07, 6.45) is 12.8. The van der Waals surface area contributed by atoms with Crippen molar-refractivity contribution in [1.82, 2.24) is 9.55 Å². The van der Waals surface area contributed by atoms with E-state index in [1.165, 1.54) is 43.1 Å². The topological polar surface area (TPSA) is 84.3 Å². The highest BCUT2D eigenvalue weighted by Crippen LogP contribution is 2.13. The van der Waals surface area contributed by atoms with Crippen LogP contribution in [0.1, 0.15) is 64.7 Å². The average molecular weight is 340 g/mol. The van der Waals surface area contributed by atoms with Crippen molar-refractivity contribution in [1.29, 1.82) is 0 Å². The summed E-state index contributed by atoms with van der Waals surface area (Å²) in [7, 11) is 1.69. The number of hydrogen-bond acceptors (Lipinski definition) is 3. The smallest absolute Gasteiger partial charge is 0.450 e. The lowest BCUT2D eigenvalue weighted by Gasteiger charge is -2.05. The summed E-state index contributed by atoms with van der Waals surface area (Å²) in [4.78, 5) is 22.9. The number of rotatable bonds is 11. The first-order valence-electron chi connectivity index (χ1n) is 8.69. The Morgan fingerprint density at radius 3 is 2.29 bits per heavy atom. The molecule has 1 rings (SSSR count). The molecule has 1 heterocycles. The number of H-pyrrole nitrogens is 1. The second-order valence-corrected chi connectivity index (χ2v) is 5.86. The Labute approximate surface area is 144 Å². The van der Waals surface area contributed by atoms with Gasteiger partial charge in [0.1, 0.15) is 0 Å². The zero-order valence-electron chi connectivity index (χ0n) is 15.1. The first-order valence-corrected chi connectivity index (χ1v) is 8.69. The van der Waals surface area contributed by atoms with Crippen molar-refractivity contribution in [3.63, 3.8) is 0 Å². The number of aromatic nitrogens is 2. The Kier molecular flexibility index (Phi) is 13.4. The van der Waals surface area contributed by atoms with E-state index in [4.69, 9.17) is 5.11 Å². The standard InChI is InChI=1S/C14H26O3.C4H6N2O/c1-3-4-5-6-7-8-9-10-13(2)11-12-17-14(15)16;1-6-3-2-5-4(6)7/h2-12H2,1H3,(H,15,16);2-3H,1H3,(H,5,7). The molecule has 0 radical (unpaired) electrons. The molecule has 0 amide bonds. The van der Waals surface area contributed by atoms with E-state index >= 15 is 0 Å². The largest absolute Gasteiger partial charge is 0.505 e. The Balaban J connectivity index is 0.000000620. The number of nitrogens with one attached hydrogen (secondary N) is 1. The van der Waals surface area contributed by atoms with E-state index in [-0.39, 0.29) is 12.3 Å². The molecule has 0 aliphatic heterocycles. The van der Waals surface area contributed by atoms with Gasteiger partial charge in [0.25, 0.3) is 0 Å². The molecule has 0 aliphatic rings. The summed E-state index contributed by atoms with van der Waals surface area (Å²) >= 11 is 0. The van der Waals surface area contributed by atoms with Gasteiger partial charge in [0.15, 0.2) is 0 Å². The fourth-order valence-corrected chi connectivity index (χ4v) is 2.13. The molecule has 2 N–H and O–H groups in total. The molecule has 0 fully saturated rings. The van der Waals surface area contributed by atoms with Crippen LogP contribution in [0.5, 0.6) is 0 Å². The predicted octanol–water partition coefficient (Wildman–Crippen LogP) is 4.48. The molecule has 0 spiro atoms. The summed E-state index contributed by atoms with van der Waals surface area (Å²) in [5.74, 6) is 0. The third kappa shape index (κ3) is 13.7. The van der Waals surface area contributed by atoms with E-state index in [9.17, 15) is 9.59 Å². The van der Waals surface area contributed by atoms with E-state index in [0.29, 0.717) is 6.42 Å². The number of carboxylic acid groups (broad SMARTS) is 1. The normalized spacial score (nSPS) is 9.92. The van der Waals surface area contributed by atoms with Crippen LogP contribution in [0.25, 0.3) is 0 Å². The number of nitrogens with zero attached hydrogens (tertiary/aromatic N) is 1. The molecule has 0 atom stereocenters. The molecule has 0 aromatic carbocycles. The van der Waals surface area contributed by atoms with Crippen molar-refractivity contribution >= 4 is 6.16 Å². The van der Waals surface area contributed by atoms with Gasteiger partial charge in [-0.2, -0.15) is 0 Å². The molecule has 6 heteroatoms. The minimum atomic E-state index is -1.20. The highest BCUT2D eigenvalue weighted by molar-refractivity contribution is 5.56. The molecule has 0 saturated heterocycles. The van der Waals surface area contributed by atoms with E-state index < -0.39 is 6.16 Å². The van der Waals surface area contributed by atoms with Crippen molar-refractivity contribution in [3.8, 4) is 0 Å². The van der Waals surface area contributed by atoms with Crippen LogP contribution in [0.4, 0.5) is 4.79 Å². The number of aromatic amines is 1. The minimum Gasteiger partial charge on any atom is -0.450 e. The lowest BCUT2D eigenvalue weighted by atomic mass is 10.0. The number of aryl methyl sites for hydroxylation is 1. The lowest BCUT2D eigenvalue weighted by Crippen LogP contribution is -2.10. The van der Waals surface area contributed by atoms with Crippen molar-refractivity contribution in [3.05, 3.63) is 35.0 Å². The van der Waals surface area contributed by atoms with Gasteiger partial charge in [-0.3, -0.25) is 0 Å². The number of hydrogen-bond donors (Lipinski definition) is 2. The molecule has 0 unspecified atom stereocenters. The van der Waals surface area contributed by atoms with Crippen molar-refractivity contribution < 1.29 is 14.6 Å². The highest BCUT2D eigenvalue weighted by Gasteiger charge is 1.99. The molecule has 0 aliphatic carbocycles. The molecule has 1 aromatic rings. The SMILES string of the molecule is C=C(CCCCCCCCC)CCOC(=O)O.Cn1cc[nH]c1=O. The van der Waals surface area contributed by atoms with Crippen LogP contribution in [0, 0.1) is 0 Å². The number of carbonyl (C=O) groups is 1. The van der Waals surface area contributed by atoms with E-state index in [2.05, 4.69) is 23.2 Å². The van der Waals surface area contributed by atoms with Gasteiger partial charge in [0, 0.05) is 25.9 Å².